The first-order chi connectivity index (χ1) is 7.81. The molecule has 3 saturated heterocycles. The van der Waals surface area contributed by atoms with Crippen molar-refractivity contribution >= 4 is 0 Å². The van der Waals surface area contributed by atoms with Crippen LogP contribution in [0.1, 0.15) is 32.1 Å². The van der Waals surface area contributed by atoms with Gasteiger partial charge in [0.15, 0.2) is 0 Å². The lowest BCUT2D eigenvalue weighted by atomic mass is 9.78. The van der Waals surface area contributed by atoms with E-state index >= 15 is 0 Å². The maximum atomic E-state index is 9.01. The minimum atomic E-state index is -0.0829. The van der Waals surface area contributed by atoms with Crippen molar-refractivity contribution in [2.45, 2.75) is 68.2 Å². The van der Waals surface area contributed by atoms with E-state index in [0.717, 1.165) is 32.1 Å². The second-order valence-corrected chi connectivity index (χ2v) is 5.60. The van der Waals surface area contributed by atoms with Crippen LogP contribution in [0.15, 0.2) is 0 Å². The Morgan fingerprint density at radius 3 is 2.75 bits per heavy atom. The van der Waals surface area contributed by atoms with Crippen LogP contribution >= 0.6 is 0 Å². The fourth-order valence-electron chi connectivity index (χ4n) is 3.83. The maximum absolute atomic E-state index is 9.01. The van der Waals surface area contributed by atoms with Crippen molar-refractivity contribution in [1.29, 1.82) is 0 Å². The lowest BCUT2D eigenvalue weighted by molar-refractivity contribution is -0.172. The van der Waals surface area contributed by atoms with Crippen molar-refractivity contribution in [2.24, 2.45) is 0 Å². The molecule has 0 radical (unpaired) electrons. The molecule has 4 nitrogen and oxygen atoms in total. The molecule has 3 aliphatic heterocycles. The highest BCUT2D eigenvalue weighted by Gasteiger charge is 2.66. The summed E-state index contributed by atoms with van der Waals surface area (Å²) in [5.41, 5.74) is -0.0829. The number of ether oxygens (including phenoxy) is 3. The molecule has 1 aliphatic carbocycles. The second-order valence-electron chi connectivity index (χ2n) is 5.60. The number of aliphatic hydroxyl groups excluding tert-OH is 1. The molecule has 16 heavy (non-hydrogen) atoms. The van der Waals surface area contributed by atoms with Gasteiger partial charge in [0.1, 0.15) is 6.10 Å². The molecule has 90 valence electrons. The van der Waals surface area contributed by atoms with E-state index in [-0.39, 0.29) is 30.5 Å². The van der Waals surface area contributed by atoms with Gasteiger partial charge in [-0.05, 0) is 19.3 Å². The summed E-state index contributed by atoms with van der Waals surface area (Å²) < 4.78 is 17.9. The van der Waals surface area contributed by atoms with Gasteiger partial charge in [-0.1, -0.05) is 0 Å². The Kier molecular flexibility index (Phi) is 1.96. The van der Waals surface area contributed by atoms with Gasteiger partial charge in [-0.2, -0.15) is 0 Å². The number of fused-ring (bicyclic) bond motifs is 3. The highest BCUT2D eigenvalue weighted by molar-refractivity contribution is 5.14. The number of hydrogen-bond acceptors (Lipinski definition) is 4. The third-order valence-electron chi connectivity index (χ3n) is 4.61. The average Bonchev–Trinajstić information content (AvgIpc) is 2.94. The van der Waals surface area contributed by atoms with Gasteiger partial charge in [-0.3, -0.25) is 0 Å². The predicted octanol–water partition coefficient (Wildman–Crippen LogP) is 0.615. The summed E-state index contributed by atoms with van der Waals surface area (Å²) in [4.78, 5) is 0. The molecule has 0 amide bonds. The predicted molar refractivity (Wildman–Crippen MR) is 55.1 cm³/mol. The molecule has 0 aromatic heterocycles. The monoisotopic (exact) mass is 226 g/mol. The van der Waals surface area contributed by atoms with Crippen LogP contribution in [0.4, 0.5) is 0 Å². The van der Waals surface area contributed by atoms with Crippen LogP contribution in [-0.2, 0) is 14.2 Å². The van der Waals surface area contributed by atoms with E-state index in [9.17, 15) is 0 Å². The largest absolute Gasteiger partial charge is 0.396 e. The minimum Gasteiger partial charge on any atom is -0.396 e. The molecule has 1 saturated carbocycles. The summed E-state index contributed by atoms with van der Waals surface area (Å²) in [6.45, 7) is 0.220. The van der Waals surface area contributed by atoms with Crippen LogP contribution in [0.3, 0.4) is 0 Å². The van der Waals surface area contributed by atoms with Crippen LogP contribution < -0.4 is 0 Å². The second kappa shape index (κ2) is 3.19. The quantitative estimate of drug-likeness (QED) is 0.701. The average molecular weight is 226 g/mol. The summed E-state index contributed by atoms with van der Waals surface area (Å²) in [5, 5.41) is 9.01. The van der Waals surface area contributed by atoms with Crippen LogP contribution in [0.2, 0.25) is 0 Å². The van der Waals surface area contributed by atoms with E-state index in [1.165, 1.54) is 0 Å². The molecule has 1 spiro atoms. The summed E-state index contributed by atoms with van der Waals surface area (Å²) >= 11 is 0. The third-order valence-corrected chi connectivity index (χ3v) is 4.61. The molecule has 4 rings (SSSR count). The van der Waals surface area contributed by atoms with Gasteiger partial charge in [0.25, 0.3) is 0 Å². The van der Waals surface area contributed by atoms with Crippen molar-refractivity contribution in [2.75, 3.05) is 6.61 Å². The van der Waals surface area contributed by atoms with Crippen LogP contribution in [0, 0.1) is 0 Å². The zero-order chi connectivity index (χ0) is 10.8. The van der Waals surface area contributed by atoms with Gasteiger partial charge >= 0.3 is 0 Å². The first kappa shape index (κ1) is 9.83. The number of epoxide rings is 1. The zero-order valence-corrected chi connectivity index (χ0v) is 9.30. The van der Waals surface area contributed by atoms with Gasteiger partial charge in [0, 0.05) is 19.4 Å². The van der Waals surface area contributed by atoms with E-state index < -0.39 is 0 Å². The molecule has 1 N–H and O–H groups in total. The number of hydrogen-bond donors (Lipinski definition) is 1. The molecule has 4 fully saturated rings. The van der Waals surface area contributed by atoms with Crippen molar-refractivity contribution in [1.82, 2.24) is 0 Å². The minimum absolute atomic E-state index is 0.0829. The zero-order valence-electron chi connectivity index (χ0n) is 9.30. The van der Waals surface area contributed by atoms with Gasteiger partial charge in [0.2, 0.25) is 0 Å². The van der Waals surface area contributed by atoms with Crippen LogP contribution in [0.5, 0.6) is 0 Å². The first-order valence-corrected chi connectivity index (χ1v) is 6.40. The standard InChI is InChI=1S/C12H18O4/c13-4-3-7-1-2-10-12(16-7)5-8(14-10)11-9(6-12)15-11/h7-11,13H,1-6H2/t7?,8?,9-,10+,11+,12-/m1/s1. The highest BCUT2D eigenvalue weighted by Crippen LogP contribution is 2.55. The third kappa shape index (κ3) is 1.24. The molecular formula is C12H18O4. The van der Waals surface area contributed by atoms with E-state index in [2.05, 4.69) is 0 Å². The molecule has 6 atom stereocenters. The Hall–Kier alpha value is -0.160. The fraction of sp³-hybridized carbons (Fsp3) is 1.00. The molecule has 4 aliphatic rings. The fourth-order valence-corrected chi connectivity index (χ4v) is 3.83. The Morgan fingerprint density at radius 2 is 1.94 bits per heavy atom. The normalized spacial score (nSPS) is 57.9. The summed E-state index contributed by atoms with van der Waals surface area (Å²) in [5.74, 6) is 0. The highest BCUT2D eigenvalue weighted by atomic mass is 16.6. The molecular weight excluding hydrogens is 208 g/mol. The smallest absolute Gasteiger partial charge is 0.110 e. The number of aliphatic hydroxyl groups is 1. The van der Waals surface area contributed by atoms with E-state index in [1.807, 2.05) is 0 Å². The molecule has 0 aromatic rings. The van der Waals surface area contributed by atoms with Crippen molar-refractivity contribution < 1.29 is 19.3 Å². The van der Waals surface area contributed by atoms with Crippen LogP contribution in [-0.4, -0.2) is 47.8 Å². The lowest BCUT2D eigenvalue weighted by Gasteiger charge is -2.42. The van der Waals surface area contributed by atoms with Crippen LogP contribution in [0.25, 0.3) is 0 Å². The van der Waals surface area contributed by atoms with Gasteiger partial charge in [-0.25, -0.2) is 0 Å². The van der Waals surface area contributed by atoms with E-state index in [1.54, 1.807) is 0 Å². The van der Waals surface area contributed by atoms with Crippen molar-refractivity contribution in [3.63, 3.8) is 0 Å². The van der Waals surface area contributed by atoms with E-state index in [4.69, 9.17) is 19.3 Å². The van der Waals surface area contributed by atoms with Gasteiger partial charge < -0.3 is 19.3 Å². The number of rotatable bonds is 2. The molecule has 2 unspecified atom stereocenters. The topological polar surface area (TPSA) is 51.2 Å². The van der Waals surface area contributed by atoms with Gasteiger partial charge in [-0.15, -0.1) is 0 Å². The molecule has 0 aromatic carbocycles. The first-order valence-electron chi connectivity index (χ1n) is 6.40. The van der Waals surface area contributed by atoms with Gasteiger partial charge in [0.05, 0.1) is 30.0 Å². The lowest BCUT2D eigenvalue weighted by Crippen LogP contribution is -2.50. The molecule has 2 bridgehead atoms. The molecule has 3 heterocycles. The molecule has 4 heteroatoms. The Morgan fingerprint density at radius 1 is 1.12 bits per heavy atom. The Bertz CT molecular complexity index is 303. The Balaban J connectivity index is 1.56. The van der Waals surface area contributed by atoms with Crippen molar-refractivity contribution in [3.05, 3.63) is 0 Å². The Labute approximate surface area is 94.9 Å². The maximum Gasteiger partial charge on any atom is 0.110 e. The summed E-state index contributed by atoms with van der Waals surface area (Å²) in [6, 6.07) is 0. The SMILES string of the molecule is OCCC1CC[C@@H]2OC3C[C@]2(C[C@H]2O[C@@H]32)O1. The summed E-state index contributed by atoms with van der Waals surface area (Å²) in [6.07, 6.45) is 6.39. The van der Waals surface area contributed by atoms with E-state index in [0.29, 0.717) is 12.2 Å². The van der Waals surface area contributed by atoms with Crippen molar-refractivity contribution in [3.8, 4) is 0 Å². The summed E-state index contributed by atoms with van der Waals surface area (Å²) in [7, 11) is 0.